The lowest BCUT2D eigenvalue weighted by atomic mass is 9.97. The zero-order chi connectivity index (χ0) is 26.2. The summed E-state index contributed by atoms with van der Waals surface area (Å²) in [6.07, 6.45) is -1.21. The van der Waals surface area contributed by atoms with E-state index in [1.807, 2.05) is 25.1 Å². The number of aromatic nitrogens is 2. The number of anilines is 3. The normalized spacial score (nSPS) is 15.8. The van der Waals surface area contributed by atoms with Crippen LogP contribution in [0.5, 0.6) is 5.75 Å². The van der Waals surface area contributed by atoms with E-state index < -0.39 is 11.7 Å². The molecule has 2 aliphatic rings. The average Bonchev–Trinajstić information content (AvgIpc) is 3.27. The predicted octanol–water partition coefficient (Wildman–Crippen LogP) is 4.92. The molecule has 0 bridgehead atoms. The third-order valence-corrected chi connectivity index (χ3v) is 6.71. The second-order valence-corrected chi connectivity index (χ2v) is 9.30. The maximum Gasteiger partial charge on any atom is 0.419 e. The molecule has 1 aromatic carbocycles. The summed E-state index contributed by atoms with van der Waals surface area (Å²) in [5.41, 5.74) is 7.64. The number of pyridine rings is 2. The van der Waals surface area contributed by atoms with E-state index in [9.17, 15) is 18.4 Å². The molecule has 0 atom stereocenters. The highest BCUT2D eigenvalue weighted by Gasteiger charge is 2.35. The number of aryl methyl sites for hydroxylation is 1. The molecule has 0 amide bonds. The number of benzene rings is 1. The Kier molecular flexibility index (Phi) is 6.52. The van der Waals surface area contributed by atoms with Crippen molar-refractivity contribution in [2.24, 2.45) is 5.92 Å². The number of hydrogen-bond donors (Lipinski definition) is 2. The minimum absolute atomic E-state index is 0.0884. The van der Waals surface area contributed by atoms with Crippen LogP contribution in [0.15, 0.2) is 42.6 Å². The van der Waals surface area contributed by atoms with Crippen LogP contribution < -0.4 is 25.6 Å². The second kappa shape index (κ2) is 9.78. The molecule has 2 N–H and O–H groups in total. The maximum atomic E-state index is 14.0. The fraction of sp³-hybridized carbons (Fsp3) is 0.346. The first kappa shape index (κ1) is 24.6. The molecule has 11 heteroatoms. The number of halogens is 3. The largest absolute Gasteiger partial charge is 0.493 e. The second-order valence-electron chi connectivity index (χ2n) is 9.30. The number of rotatable bonds is 5. The Bertz CT molecular complexity index is 1350. The fourth-order valence-electron chi connectivity index (χ4n) is 4.61. The van der Waals surface area contributed by atoms with Crippen molar-refractivity contribution in [3.63, 3.8) is 0 Å². The van der Waals surface area contributed by atoms with Crippen LogP contribution in [0.1, 0.15) is 29.7 Å². The number of nitrogens with one attached hydrogen (secondary N) is 2. The highest BCUT2D eigenvalue weighted by molar-refractivity contribution is 5.81. The van der Waals surface area contributed by atoms with E-state index in [4.69, 9.17) is 4.74 Å². The zero-order valence-corrected chi connectivity index (χ0v) is 20.4. The first-order chi connectivity index (χ1) is 17.7. The number of hydrogen-bond acceptors (Lipinski definition) is 8. The summed E-state index contributed by atoms with van der Waals surface area (Å²) in [5.74, 6) is 0.863. The van der Waals surface area contributed by atoms with Gasteiger partial charge in [0.05, 0.1) is 23.6 Å². The smallest absolute Gasteiger partial charge is 0.419 e. The van der Waals surface area contributed by atoms with Gasteiger partial charge in [-0.3, -0.25) is 10.4 Å². The van der Waals surface area contributed by atoms with Gasteiger partial charge in [0.2, 0.25) is 0 Å². The van der Waals surface area contributed by atoms with Gasteiger partial charge in [-0.2, -0.15) is 18.4 Å². The van der Waals surface area contributed by atoms with Crippen molar-refractivity contribution in [3.8, 4) is 23.1 Å². The van der Waals surface area contributed by atoms with Crippen LogP contribution in [0.2, 0.25) is 0 Å². The fourth-order valence-corrected chi connectivity index (χ4v) is 4.61. The van der Waals surface area contributed by atoms with Crippen molar-refractivity contribution >= 4 is 17.2 Å². The molecule has 0 radical (unpaired) electrons. The molecule has 1 fully saturated rings. The minimum Gasteiger partial charge on any atom is -0.493 e. The van der Waals surface area contributed by atoms with Gasteiger partial charge in [0.1, 0.15) is 23.3 Å². The number of nitrogens with zero attached hydrogens (tertiary/aromatic N) is 5. The molecule has 1 saturated heterocycles. The van der Waals surface area contributed by atoms with Crippen molar-refractivity contribution in [1.82, 2.24) is 15.5 Å². The molecule has 0 saturated carbocycles. The van der Waals surface area contributed by atoms with E-state index in [0.29, 0.717) is 11.4 Å². The van der Waals surface area contributed by atoms with Crippen molar-refractivity contribution in [1.29, 1.82) is 5.26 Å². The van der Waals surface area contributed by atoms with Gasteiger partial charge in [0, 0.05) is 31.9 Å². The van der Waals surface area contributed by atoms with E-state index in [1.54, 1.807) is 30.4 Å². The zero-order valence-electron chi connectivity index (χ0n) is 20.4. The number of nitriles is 1. The van der Waals surface area contributed by atoms with Crippen LogP contribution in [0.25, 0.3) is 11.3 Å². The lowest BCUT2D eigenvalue weighted by molar-refractivity contribution is -0.139. The van der Waals surface area contributed by atoms with Crippen LogP contribution in [0.3, 0.4) is 0 Å². The average molecular weight is 510 g/mol. The van der Waals surface area contributed by atoms with Gasteiger partial charge in [-0.1, -0.05) is 0 Å². The van der Waals surface area contributed by atoms with Crippen LogP contribution in [0.4, 0.5) is 30.4 Å². The molecule has 4 heterocycles. The summed E-state index contributed by atoms with van der Waals surface area (Å²) in [6.45, 7) is 3.78. The van der Waals surface area contributed by atoms with Crippen LogP contribution in [0, 0.1) is 24.2 Å². The van der Waals surface area contributed by atoms with E-state index in [2.05, 4.69) is 25.8 Å². The monoisotopic (exact) mass is 509 g/mol. The molecule has 37 heavy (non-hydrogen) atoms. The molecular weight excluding hydrogens is 483 g/mol. The SMILES string of the molecule is Cc1ccnc(N2CCC(COc3ccc(-c4cc5c(c(C#N)n4)NNN5C)cc3C(F)(F)F)CC2)c1. The number of piperidine rings is 1. The first-order valence-corrected chi connectivity index (χ1v) is 12.0. The summed E-state index contributed by atoms with van der Waals surface area (Å²) in [7, 11) is 1.73. The highest BCUT2D eigenvalue weighted by atomic mass is 19.4. The quantitative estimate of drug-likeness (QED) is 0.501. The summed E-state index contributed by atoms with van der Waals surface area (Å²) < 4.78 is 47.8. The first-order valence-electron chi connectivity index (χ1n) is 12.0. The maximum absolute atomic E-state index is 14.0. The number of alkyl halides is 3. The van der Waals surface area contributed by atoms with Gasteiger partial charge in [0.15, 0.2) is 5.69 Å². The third kappa shape index (κ3) is 5.11. The molecule has 0 spiro atoms. The summed E-state index contributed by atoms with van der Waals surface area (Å²) in [5, 5.41) is 11.1. The van der Waals surface area contributed by atoms with Crippen LogP contribution in [-0.4, -0.2) is 36.7 Å². The molecule has 0 unspecified atom stereocenters. The molecule has 8 nitrogen and oxygen atoms in total. The van der Waals surface area contributed by atoms with Gasteiger partial charge in [-0.15, -0.1) is 5.53 Å². The summed E-state index contributed by atoms with van der Waals surface area (Å²) in [4.78, 5) is 10.9. The molecule has 5 rings (SSSR count). The van der Waals surface area contributed by atoms with Crippen LogP contribution >= 0.6 is 0 Å². The molecular formula is C26H26F3N7O. The molecule has 2 aliphatic heterocycles. The lowest BCUT2D eigenvalue weighted by Crippen LogP contribution is -2.36. The number of fused-ring (bicyclic) bond motifs is 1. The number of hydrazine groups is 2. The van der Waals surface area contributed by atoms with Gasteiger partial charge in [-0.05, 0) is 67.6 Å². The lowest BCUT2D eigenvalue weighted by Gasteiger charge is -2.33. The number of ether oxygens (including phenoxy) is 1. The summed E-state index contributed by atoms with van der Waals surface area (Å²) in [6, 6.07) is 11.5. The predicted molar refractivity (Wildman–Crippen MR) is 134 cm³/mol. The van der Waals surface area contributed by atoms with Gasteiger partial charge < -0.3 is 9.64 Å². The van der Waals surface area contributed by atoms with E-state index in [0.717, 1.165) is 43.4 Å². The van der Waals surface area contributed by atoms with Gasteiger partial charge in [-0.25, -0.2) is 9.97 Å². The van der Waals surface area contributed by atoms with Crippen molar-refractivity contribution in [3.05, 3.63) is 59.4 Å². The van der Waals surface area contributed by atoms with E-state index >= 15 is 0 Å². The van der Waals surface area contributed by atoms with E-state index in [-0.39, 0.29) is 35.2 Å². The minimum atomic E-state index is -4.61. The topological polar surface area (TPSA) is 89.3 Å². The Labute approximate surface area is 212 Å². The van der Waals surface area contributed by atoms with E-state index in [1.165, 1.54) is 6.07 Å². The highest BCUT2D eigenvalue weighted by Crippen LogP contribution is 2.40. The van der Waals surface area contributed by atoms with Gasteiger partial charge >= 0.3 is 6.18 Å². The Hall–Kier alpha value is -4.04. The third-order valence-electron chi connectivity index (χ3n) is 6.71. The molecule has 192 valence electrons. The molecule has 3 aromatic rings. The molecule has 2 aromatic heterocycles. The Morgan fingerprint density at radius 3 is 2.65 bits per heavy atom. The Balaban J connectivity index is 1.32. The summed E-state index contributed by atoms with van der Waals surface area (Å²) >= 11 is 0. The van der Waals surface area contributed by atoms with Crippen molar-refractivity contribution < 1.29 is 17.9 Å². The van der Waals surface area contributed by atoms with Crippen molar-refractivity contribution in [2.45, 2.75) is 25.9 Å². The van der Waals surface area contributed by atoms with Gasteiger partial charge in [0.25, 0.3) is 0 Å². The van der Waals surface area contributed by atoms with Crippen LogP contribution in [-0.2, 0) is 6.18 Å². The van der Waals surface area contributed by atoms with Crippen molar-refractivity contribution in [2.75, 3.05) is 42.1 Å². The Morgan fingerprint density at radius 2 is 1.95 bits per heavy atom. The standard InChI is InChI=1S/C26H26F3N7O/c1-16-5-8-31-24(11-16)36-9-6-17(7-10-36)15-37-23-4-3-18(12-19(23)26(27,28)29)20-13-22-25(21(14-30)32-20)33-34-35(22)2/h3-5,8,11-13,17,33-34H,6-7,9-10,15H2,1-2H3. The Morgan fingerprint density at radius 1 is 1.16 bits per heavy atom. The molecule has 0 aliphatic carbocycles.